The van der Waals surface area contributed by atoms with Crippen molar-refractivity contribution in [2.24, 2.45) is 0 Å². The Balaban J connectivity index is 2.58. The minimum absolute atomic E-state index is 0.0533. The summed E-state index contributed by atoms with van der Waals surface area (Å²) < 4.78 is 10.6. The van der Waals surface area contributed by atoms with Crippen LogP contribution in [0, 0.1) is 0 Å². The number of ether oxygens (including phenoxy) is 2. The second-order valence-electron chi connectivity index (χ2n) is 8.55. The van der Waals surface area contributed by atoms with Gasteiger partial charge in [0.25, 0.3) is 0 Å². The van der Waals surface area contributed by atoms with Gasteiger partial charge in [-0.05, 0) is 25.0 Å². The second-order valence-corrected chi connectivity index (χ2v) is 8.55. The Kier molecular flexibility index (Phi) is 15.7. The molecule has 1 aromatic rings. The lowest BCUT2D eigenvalue weighted by molar-refractivity contribution is 0.0446. The van der Waals surface area contributed by atoms with Crippen LogP contribution in [-0.2, 0) is 9.47 Å². The topological polar surface area (TPSA) is 89.9 Å². The van der Waals surface area contributed by atoms with Crippen molar-refractivity contribution < 1.29 is 29.0 Å². The Morgan fingerprint density at radius 2 is 1.06 bits per heavy atom. The number of esters is 2. The first-order valence-electron chi connectivity index (χ1n) is 12.7. The van der Waals surface area contributed by atoms with Crippen LogP contribution in [0.1, 0.15) is 135 Å². The number of hydrogen-bond acceptors (Lipinski definition) is 5. The normalized spacial score (nSPS) is 10.7. The lowest BCUT2D eigenvalue weighted by atomic mass is 10.0. The minimum Gasteiger partial charge on any atom is -0.478 e. The van der Waals surface area contributed by atoms with Gasteiger partial charge in [0, 0.05) is 0 Å². The Morgan fingerprint density at radius 3 is 1.55 bits per heavy atom. The average molecular weight is 463 g/mol. The zero-order chi connectivity index (χ0) is 24.3. The maximum Gasteiger partial charge on any atom is 0.339 e. The number of carbonyl (C=O) groups is 3. The molecule has 0 saturated heterocycles. The van der Waals surface area contributed by atoms with E-state index in [2.05, 4.69) is 13.8 Å². The smallest absolute Gasteiger partial charge is 0.339 e. The van der Waals surface area contributed by atoms with Crippen molar-refractivity contribution in [3.8, 4) is 0 Å². The first-order valence-corrected chi connectivity index (χ1v) is 12.7. The van der Waals surface area contributed by atoms with Gasteiger partial charge in [0.15, 0.2) is 0 Å². The van der Waals surface area contributed by atoms with E-state index in [0.717, 1.165) is 32.1 Å². The van der Waals surface area contributed by atoms with Gasteiger partial charge in [0.05, 0.1) is 29.9 Å². The summed E-state index contributed by atoms with van der Waals surface area (Å²) >= 11 is 0. The molecule has 1 rings (SSSR count). The Hall–Kier alpha value is -2.37. The van der Waals surface area contributed by atoms with E-state index < -0.39 is 17.9 Å². The number of hydrogen-bond donors (Lipinski definition) is 1. The highest BCUT2D eigenvalue weighted by atomic mass is 16.5. The number of unbranched alkanes of at least 4 members (excludes halogenated alkanes) is 12. The van der Waals surface area contributed by atoms with E-state index in [0.29, 0.717) is 6.42 Å². The summed E-state index contributed by atoms with van der Waals surface area (Å²) in [4.78, 5) is 36.9. The molecule has 1 N–H and O–H groups in total. The van der Waals surface area contributed by atoms with Crippen LogP contribution in [0.5, 0.6) is 0 Å². The Bertz CT molecular complexity index is 713. The van der Waals surface area contributed by atoms with Crippen molar-refractivity contribution in [2.45, 2.75) is 104 Å². The largest absolute Gasteiger partial charge is 0.478 e. The van der Waals surface area contributed by atoms with Gasteiger partial charge in [-0.15, -0.1) is 0 Å². The van der Waals surface area contributed by atoms with Crippen LogP contribution in [0.2, 0.25) is 0 Å². The van der Waals surface area contributed by atoms with Gasteiger partial charge in [-0.1, -0.05) is 97.0 Å². The molecule has 1 aromatic carbocycles. The highest BCUT2D eigenvalue weighted by Gasteiger charge is 2.26. The van der Waals surface area contributed by atoms with E-state index in [1.54, 1.807) is 0 Å². The van der Waals surface area contributed by atoms with E-state index in [1.807, 2.05) is 0 Å². The van der Waals surface area contributed by atoms with E-state index in [-0.39, 0.29) is 29.9 Å². The monoisotopic (exact) mass is 462 g/mol. The van der Waals surface area contributed by atoms with Gasteiger partial charge < -0.3 is 14.6 Å². The molecule has 6 nitrogen and oxygen atoms in total. The number of rotatable bonds is 19. The van der Waals surface area contributed by atoms with Gasteiger partial charge in [-0.2, -0.15) is 0 Å². The standard InChI is InChI=1S/C27H42O6/c1-3-5-7-9-11-13-15-20-32-26(30)23-19-17-18-22(25(28)29)24(23)27(31)33-21-16-14-12-10-8-6-4-2/h17-19H,3-16,20-21H2,1-2H3,(H,28,29). The van der Waals surface area contributed by atoms with Gasteiger partial charge in [0.2, 0.25) is 0 Å². The summed E-state index contributed by atoms with van der Waals surface area (Å²) in [6.45, 7) is 4.80. The third-order valence-electron chi connectivity index (χ3n) is 5.68. The van der Waals surface area contributed by atoms with E-state index >= 15 is 0 Å². The number of aromatic carboxylic acids is 1. The molecule has 0 bridgehead atoms. The van der Waals surface area contributed by atoms with Crippen LogP contribution in [-0.4, -0.2) is 36.2 Å². The van der Waals surface area contributed by atoms with Crippen LogP contribution in [0.4, 0.5) is 0 Å². The average Bonchev–Trinajstić information content (AvgIpc) is 2.81. The van der Waals surface area contributed by atoms with Crippen LogP contribution in [0.3, 0.4) is 0 Å². The SMILES string of the molecule is CCCCCCCCCOC(=O)c1cccc(C(=O)O)c1C(=O)OCCCCCCCCC. The van der Waals surface area contributed by atoms with Crippen LogP contribution < -0.4 is 0 Å². The molecule has 0 radical (unpaired) electrons. The van der Waals surface area contributed by atoms with Gasteiger partial charge in [-0.25, -0.2) is 14.4 Å². The van der Waals surface area contributed by atoms with Gasteiger partial charge >= 0.3 is 17.9 Å². The number of carboxylic acids is 1. The number of carboxylic acid groups (broad SMARTS) is 1. The second kappa shape index (κ2) is 18.1. The third kappa shape index (κ3) is 11.9. The van der Waals surface area contributed by atoms with Crippen LogP contribution in [0.25, 0.3) is 0 Å². The summed E-state index contributed by atoms with van der Waals surface area (Å²) in [5, 5.41) is 9.51. The maximum absolute atomic E-state index is 12.7. The summed E-state index contributed by atoms with van der Waals surface area (Å²) in [5.41, 5.74) is -0.523. The third-order valence-corrected chi connectivity index (χ3v) is 5.68. The summed E-state index contributed by atoms with van der Waals surface area (Å²) in [6.07, 6.45) is 15.2. The molecule has 0 aliphatic rings. The number of carbonyl (C=O) groups excluding carboxylic acids is 2. The summed E-state index contributed by atoms with van der Waals surface area (Å²) in [5.74, 6) is -2.76. The molecule has 0 aromatic heterocycles. The number of benzene rings is 1. The van der Waals surface area contributed by atoms with E-state index in [1.165, 1.54) is 69.6 Å². The Morgan fingerprint density at radius 1 is 0.636 bits per heavy atom. The maximum atomic E-state index is 12.7. The first-order chi connectivity index (χ1) is 16.0. The van der Waals surface area contributed by atoms with Crippen molar-refractivity contribution in [1.29, 1.82) is 0 Å². The molecule has 33 heavy (non-hydrogen) atoms. The van der Waals surface area contributed by atoms with Crippen molar-refractivity contribution in [2.75, 3.05) is 13.2 Å². The predicted molar refractivity (Wildman–Crippen MR) is 130 cm³/mol. The molecule has 186 valence electrons. The van der Waals surface area contributed by atoms with Crippen molar-refractivity contribution in [1.82, 2.24) is 0 Å². The van der Waals surface area contributed by atoms with Crippen molar-refractivity contribution >= 4 is 17.9 Å². The van der Waals surface area contributed by atoms with E-state index in [4.69, 9.17) is 9.47 Å². The highest BCUT2D eigenvalue weighted by molar-refractivity contribution is 6.10. The first kappa shape index (κ1) is 28.7. The van der Waals surface area contributed by atoms with Crippen LogP contribution in [0.15, 0.2) is 18.2 Å². The Labute approximate surface area is 199 Å². The van der Waals surface area contributed by atoms with E-state index in [9.17, 15) is 19.5 Å². The summed E-state index contributed by atoms with van der Waals surface area (Å²) in [6, 6.07) is 4.17. The quantitative estimate of drug-likeness (QED) is 0.173. The lowest BCUT2D eigenvalue weighted by Gasteiger charge is -2.12. The molecule has 0 aliphatic heterocycles. The van der Waals surface area contributed by atoms with Crippen LogP contribution >= 0.6 is 0 Å². The molecule has 0 unspecified atom stereocenters. The molecular formula is C27H42O6. The highest BCUT2D eigenvalue weighted by Crippen LogP contribution is 2.19. The molecular weight excluding hydrogens is 420 g/mol. The molecule has 0 saturated carbocycles. The molecule has 0 atom stereocenters. The zero-order valence-corrected chi connectivity index (χ0v) is 20.5. The van der Waals surface area contributed by atoms with Gasteiger partial charge in [0.1, 0.15) is 0 Å². The van der Waals surface area contributed by atoms with Crippen molar-refractivity contribution in [3.05, 3.63) is 34.9 Å². The molecule has 0 aliphatic carbocycles. The molecule has 0 fully saturated rings. The molecule has 6 heteroatoms. The minimum atomic E-state index is -1.28. The zero-order valence-electron chi connectivity index (χ0n) is 20.5. The fraction of sp³-hybridized carbons (Fsp3) is 0.667. The fourth-order valence-corrected chi connectivity index (χ4v) is 3.72. The molecule has 0 amide bonds. The van der Waals surface area contributed by atoms with Crippen molar-refractivity contribution in [3.63, 3.8) is 0 Å². The molecule has 0 heterocycles. The predicted octanol–water partition coefficient (Wildman–Crippen LogP) is 7.20. The van der Waals surface area contributed by atoms with Gasteiger partial charge in [-0.3, -0.25) is 0 Å². The lowest BCUT2D eigenvalue weighted by Crippen LogP contribution is -2.19. The summed E-state index contributed by atoms with van der Waals surface area (Å²) in [7, 11) is 0. The fourth-order valence-electron chi connectivity index (χ4n) is 3.72. The molecule has 0 spiro atoms.